The van der Waals surface area contributed by atoms with Crippen molar-refractivity contribution in [1.29, 1.82) is 0 Å². The fraction of sp³-hybridized carbons (Fsp3) is 0.500. The van der Waals surface area contributed by atoms with Gasteiger partial charge in [-0.3, -0.25) is 4.90 Å². The molecule has 1 fully saturated rings. The minimum atomic E-state index is -0.210. The van der Waals surface area contributed by atoms with Crippen molar-refractivity contribution >= 4 is 17.2 Å². The summed E-state index contributed by atoms with van der Waals surface area (Å²) < 4.78 is 19.4. The Hall–Kier alpha value is -1.04. The Bertz CT molecular complexity index is 467. The highest BCUT2D eigenvalue weighted by Gasteiger charge is 2.17. The maximum Gasteiger partial charge on any atom is 0.127 e. The first-order valence-corrected chi connectivity index (χ1v) is 6.89. The van der Waals surface area contributed by atoms with E-state index in [-0.39, 0.29) is 11.9 Å². The van der Waals surface area contributed by atoms with Gasteiger partial charge in [-0.25, -0.2) is 4.39 Å². The van der Waals surface area contributed by atoms with Crippen LogP contribution < -0.4 is 5.73 Å². The number of nitrogens with two attached hydrogens (primary N) is 1. The third kappa shape index (κ3) is 3.96. The lowest BCUT2D eigenvalue weighted by Gasteiger charge is -2.22. The molecule has 104 valence electrons. The summed E-state index contributed by atoms with van der Waals surface area (Å²) in [6, 6.07) is 4.80. The number of thiocarbonyl (C=S) groups is 1. The van der Waals surface area contributed by atoms with Crippen LogP contribution in [0.4, 0.5) is 4.39 Å². The molecule has 5 heteroatoms. The van der Waals surface area contributed by atoms with Gasteiger partial charge >= 0.3 is 0 Å². The topological polar surface area (TPSA) is 38.5 Å². The predicted molar refractivity (Wildman–Crippen MR) is 77.6 cm³/mol. The van der Waals surface area contributed by atoms with E-state index in [9.17, 15) is 4.39 Å². The molecule has 1 heterocycles. The van der Waals surface area contributed by atoms with E-state index in [1.165, 1.54) is 6.07 Å². The van der Waals surface area contributed by atoms with Crippen molar-refractivity contribution < 1.29 is 9.13 Å². The average Bonchev–Trinajstić information content (AvgIpc) is 2.56. The number of rotatable bonds is 3. The zero-order valence-electron chi connectivity index (χ0n) is 11.1. The molecule has 3 nitrogen and oxygen atoms in total. The van der Waals surface area contributed by atoms with Crippen molar-refractivity contribution in [3.05, 3.63) is 35.1 Å². The molecule has 0 aromatic heterocycles. The van der Waals surface area contributed by atoms with E-state index in [4.69, 9.17) is 22.7 Å². The van der Waals surface area contributed by atoms with Gasteiger partial charge < -0.3 is 10.5 Å². The molecule has 1 atom stereocenters. The van der Waals surface area contributed by atoms with Crippen molar-refractivity contribution in [3.63, 3.8) is 0 Å². The van der Waals surface area contributed by atoms with Crippen molar-refractivity contribution in [2.75, 3.05) is 19.7 Å². The molecular weight excluding hydrogens is 263 g/mol. The number of hydrogen-bond acceptors (Lipinski definition) is 3. The van der Waals surface area contributed by atoms with Gasteiger partial charge in [-0.2, -0.15) is 0 Å². The molecule has 1 aromatic rings. The van der Waals surface area contributed by atoms with Crippen LogP contribution in [-0.2, 0) is 11.3 Å². The maximum absolute atomic E-state index is 13.8. The molecule has 1 aliphatic heterocycles. The summed E-state index contributed by atoms with van der Waals surface area (Å²) in [5.74, 6) is -0.210. The highest BCUT2D eigenvalue weighted by Crippen LogP contribution is 2.15. The van der Waals surface area contributed by atoms with E-state index < -0.39 is 0 Å². The maximum atomic E-state index is 13.8. The summed E-state index contributed by atoms with van der Waals surface area (Å²) in [6.07, 6.45) is 1.16. The van der Waals surface area contributed by atoms with Crippen LogP contribution in [0.1, 0.15) is 24.5 Å². The van der Waals surface area contributed by atoms with Gasteiger partial charge in [0.2, 0.25) is 0 Å². The standard InChI is InChI=1S/C14H19FN2OS/c1-10-8-17(5-2-6-18-10)9-12-7-11(14(16)19)3-4-13(12)15/h3-4,7,10H,2,5-6,8-9H2,1H3,(H2,16,19). The molecule has 2 N–H and O–H groups in total. The van der Waals surface area contributed by atoms with Gasteiger partial charge in [0, 0.05) is 37.4 Å². The summed E-state index contributed by atoms with van der Waals surface area (Å²) in [4.78, 5) is 2.51. The van der Waals surface area contributed by atoms with Crippen molar-refractivity contribution in [3.8, 4) is 0 Å². The van der Waals surface area contributed by atoms with Crippen LogP contribution in [0.25, 0.3) is 0 Å². The van der Waals surface area contributed by atoms with E-state index in [1.54, 1.807) is 12.1 Å². The van der Waals surface area contributed by atoms with Gasteiger partial charge in [-0.05, 0) is 31.5 Å². The molecule has 1 aliphatic rings. The summed E-state index contributed by atoms with van der Waals surface area (Å²) in [5, 5.41) is 0. The van der Waals surface area contributed by atoms with E-state index in [0.29, 0.717) is 22.7 Å². The Kier molecular flexibility index (Phi) is 4.85. The summed E-state index contributed by atoms with van der Waals surface area (Å²) >= 11 is 4.93. The zero-order chi connectivity index (χ0) is 13.8. The first kappa shape index (κ1) is 14.4. The van der Waals surface area contributed by atoms with E-state index >= 15 is 0 Å². The first-order valence-electron chi connectivity index (χ1n) is 6.48. The number of nitrogens with zero attached hydrogens (tertiary/aromatic N) is 1. The lowest BCUT2D eigenvalue weighted by Crippen LogP contribution is -2.30. The van der Waals surface area contributed by atoms with E-state index in [2.05, 4.69) is 4.90 Å². The van der Waals surface area contributed by atoms with Gasteiger partial charge in [0.15, 0.2) is 0 Å². The molecule has 19 heavy (non-hydrogen) atoms. The van der Waals surface area contributed by atoms with Crippen LogP contribution in [0.2, 0.25) is 0 Å². The van der Waals surface area contributed by atoms with Gasteiger partial charge in [-0.1, -0.05) is 12.2 Å². The highest BCUT2D eigenvalue weighted by atomic mass is 32.1. The fourth-order valence-electron chi connectivity index (χ4n) is 2.31. The van der Waals surface area contributed by atoms with Crippen molar-refractivity contribution in [2.45, 2.75) is 26.0 Å². The Morgan fingerprint density at radius 3 is 3.11 bits per heavy atom. The normalized spacial score (nSPS) is 21.1. The van der Waals surface area contributed by atoms with Gasteiger partial charge in [0.25, 0.3) is 0 Å². The molecule has 1 aromatic carbocycles. The van der Waals surface area contributed by atoms with Crippen LogP contribution in [0, 0.1) is 5.82 Å². The van der Waals surface area contributed by atoms with Gasteiger partial charge in [0.05, 0.1) is 6.10 Å². The van der Waals surface area contributed by atoms with Crippen LogP contribution in [0.5, 0.6) is 0 Å². The lowest BCUT2D eigenvalue weighted by atomic mass is 10.1. The van der Waals surface area contributed by atoms with Crippen LogP contribution in [0.3, 0.4) is 0 Å². The number of benzene rings is 1. The molecule has 0 bridgehead atoms. The molecule has 0 radical (unpaired) electrons. The van der Waals surface area contributed by atoms with Crippen LogP contribution in [0.15, 0.2) is 18.2 Å². The molecule has 0 aliphatic carbocycles. The van der Waals surface area contributed by atoms with Gasteiger partial charge in [-0.15, -0.1) is 0 Å². The quantitative estimate of drug-likeness (QED) is 0.861. The SMILES string of the molecule is CC1CN(Cc2cc(C(N)=S)ccc2F)CCCO1. The third-order valence-electron chi connectivity index (χ3n) is 3.26. The highest BCUT2D eigenvalue weighted by molar-refractivity contribution is 7.80. The Morgan fingerprint density at radius 2 is 2.37 bits per heavy atom. The fourth-order valence-corrected chi connectivity index (χ4v) is 2.44. The predicted octanol–water partition coefficient (Wildman–Crippen LogP) is 2.07. The van der Waals surface area contributed by atoms with Crippen LogP contribution in [-0.4, -0.2) is 35.7 Å². The monoisotopic (exact) mass is 282 g/mol. The molecule has 1 unspecified atom stereocenters. The number of ether oxygens (including phenoxy) is 1. The second-order valence-corrected chi connectivity index (χ2v) is 5.38. The number of hydrogen-bond donors (Lipinski definition) is 1. The molecule has 0 saturated carbocycles. The molecular formula is C14H19FN2OS. The van der Waals surface area contributed by atoms with Crippen molar-refractivity contribution in [1.82, 2.24) is 4.90 Å². The molecule has 0 amide bonds. The Balaban J connectivity index is 2.12. The minimum absolute atomic E-state index is 0.185. The second kappa shape index (κ2) is 6.41. The number of halogens is 1. The second-order valence-electron chi connectivity index (χ2n) is 4.94. The van der Waals surface area contributed by atoms with E-state index in [1.807, 2.05) is 6.92 Å². The first-order chi connectivity index (χ1) is 9.06. The summed E-state index contributed by atoms with van der Waals surface area (Å²) in [5.41, 5.74) is 6.94. The molecule has 0 spiro atoms. The summed E-state index contributed by atoms with van der Waals surface area (Å²) in [7, 11) is 0. The zero-order valence-corrected chi connectivity index (χ0v) is 11.9. The lowest BCUT2D eigenvalue weighted by molar-refractivity contribution is 0.0666. The average molecular weight is 282 g/mol. The third-order valence-corrected chi connectivity index (χ3v) is 3.50. The van der Waals surface area contributed by atoms with E-state index in [0.717, 1.165) is 26.1 Å². The Labute approximate surface area is 118 Å². The largest absolute Gasteiger partial charge is 0.389 e. The van der Waals surface area contributed by atoms with Crippen LogP contribution >= 0.6 is 12.2 Å². The molecule has 2 rings (SSSR count). The summed E-state index contributed by atoms with van der Waals surface area (Å²) in [6.45, 7) is 5.11. The smallest absolute Gasteiger partial charge is 0.127 e. The molecule has 1 saturated heterocycles. The Morgan fingerprint density at radius 1 is 1.58 bits per heavy atom. The van der Waals surface area contributed by atoms with Gasteiger partial charge in [0.1, 0.15) is 10.8 Å². The minimum Gasteiger partial charge on any atom is -0.389 e. The van der Waals surface area contributed by atoms with Crippen molar-refractivity contribution in [2.24, 2.45) is 5.73 Å².